The minimum Gasteiger partial charge on any atom is -0.492 e. The van der Waals surface area contributed by atoms with Crippen LogP contribution in [-0.4, -0.2) is 21.3 Å². The van der Waals surface area contributed by atoms with Gasteiger partial charge in [-0.15, -0.1) is 0 Å². The van der Waals surface area contributed by atoms with E-state index in [-0.39, 0.29) is 0 Å². The van der Waals surface area contributed by atoms with Gasteiger partial charge in [-0.2, -0.15) is 0 Å². The zero-order valence-corrected chi connectivity index (χ0v) is 14.8. The van der Waals surface area contributed by atoms with Crippen LogP contribution < -0.4 is 4.74 Å². The van der Waals surface area contributed by atoms with Gasteiger partial charge in [0, 0.05) is 5.02 Å². The number of imidazole rings is 1. The van der Waals surface area contributed by atoms with Gasteiger partial charge in [0.2, 0.25) is 0 Å². The third-order valence-electron chi connectivity index (χ3n) is 4.05. The number of nitrogens with zero attached hydrogens (tertiary/aromatic N) is 2. The summed E-state index contributed by atoms with van der Waals surface area (Å²) < 4.78 is 7.90. The van der Waals surface area contributed by atoms with Crippen molar-refractivity contribution in [2.75, 3.05) is 6.61 Å². The third kappa shape index (κ3) is 3.25. The number of para-hydroxylation sites is 2. The number of halogens is 1. The molecule has 1 atom stereocenters. The van der Waals surface area contributed by atoms with E-state index in [1.165, 1.54) is 0 Å². The van der Waals surface area contributed by atoms with Crippen molar-refractivity contribution in [1.29, 1.82) is 0 Å². The zero-order chi connectivity index (χ0) is 17.3. The summed E-state index contributed by atoms with van der Waals surface area (Å²) >= 11 is 6.19. The number of rotatable bonds is 5. The molecule has 3 aromatic rings. The molecule has 0 spiro atoms. The minimum atomic E-state index is -0.627. The van der Waals surface area contributed by atoms with Crippen molar-refractivity contribution >= 4 is 22.6 Å². The SMILES string of the molecule is Cc1cc(OCCn2c(C(C)O)nc3ccccc32)cc(C)c1Cl. The zero-order valence-electron chi connectivity index (χ0n) is 14.1. The molecule has 0 aliphatic rings. The Kier molecular flexibility index (Phi) is 4.78. The fourth-order valence-electron chi connectivity index (χ4n) is 2.89. The van der Waals surface area contributed by atoms with Crippen LogP contribution in [0.25, 0.3) is 11.0 Å². The van der Waals surface area contributed by atoms with Crippen LogP contribution in [0.2, 0.25) is 5.02 Å². The topological polar surface area (TPSA) is 47.3 Å². The lowest BCUT2D eigenvalue weighted by Crippen LogP contribution is -2.13. The van der Waals surface area contributed by atoms with Gasteiger partial charge in [-0.05, 0) is 56.2 Å². The molecule has 126 valence electrons. The van der Waals surface area contributed by atoms with Crippen LogP contribution in [-0.2, 0) is 6.54 Å². The van der Waals surface area contributed by atoms with Gasteiger partial charge in [-0.3, -0.25) is 0 Å². The molecule has 0 amide bonds. The van der Waals surface area contributed by atoms with Gasteiger partial charge in [-0.1, -0.05) is 23.7 Å². The molecule has 0 radical (unpaired) electrons. The largest absolute Gasteiger partial charge is 0.492 e. The molecule has 0 saturated heterocycles. The average molecular weight is 345 g/mol. The number of fused-ring (bicyclic) bond motifs is 1. The highest BCUT2D eigenvalue weighted by Crippen LogP contribution is 2.26. The maximum Gasteiger partial charge on any atom is 0.138 e. The van der Waals surface area contributed by atoms with Crippen LogP contribution in [0.4, 0.5) is 0 Å². The van der Waals surface area contributed by atoms with Crippen molar-refractivity contribution in [2.45, 2.75) is 33.4 Å². The van der Waals surface area contributed by atoms with Crippen molar-refractivity contribution in [1.82, 2.24) is 9.55 Å². The summed E-state index contributed by atoms with van der Waals surface area (Å²) in [6.45, 7) is 6.76. The van der Waals surface area contributed by atoms with Crippen molar-refractivity contribution in [2.24, 2.45) is 0 Å². The number of aryl methyl sites for hydroxylation is 2. The lowest BCUT2D eigenvalue weighted by atomic mass is 10.1. The monoisotopic (exact) mass is 344 g/mol. The van der Waals surface area contributed by atoms with E-state index in [1.54, 1.807) is 6.92 Å². The Morgan fingerprint density at radius 2 is 1.88 bits per heavy atom. The molecule has 3 rings (SSSR count). The highest BCUT2D eigenvalue weighted by molar-refractivity contribution is 6.32. The van der Waals surface area contributed by atoms with Crippen molar-refractivity contribution < 1.29 is 9.84 Å². The van der Waals surface area contributed by atoms with Crippen molar-refractivity contribution in [3.8, 4) is 5.75 Å². The number of aliphatic hydroxyl groups excluding tert-OH is 1. The Morgan fingerprint density at radius 3 is 2.54 bits per heavy atom. The van der Waals surface area contributed by atoms with Gasteiger partial charge < -0.3 is 14.4 Å². The molecule has 1 heterocycles. The quantitative estimate of drug-likeness (QED) is 0.744. The molecule has 0 aliphatic heterocycles. The fourth-order valence-corrected chi connectivity index (χ4v) is 3.00. The van der Waals surface area contributed by atoms with Crippen LogP contribution in [0.15, 0.2) is 36.4 Å². The second-order valence-corrected chi connectivity index (χ2v) is 6.38. The van der Waals surface area contributed by atoms with Crippen LogP contribution >= 0.6 is 11.6 Å². The molecule has 5 heteroatoms. The average Bonchev–Trinajstić information content (AvgIpc) is 2.92. The van der Waals surface area contributed by atoms with Gasteiger partial charge in [0.25, 0.3) is 0 Å². The van der Waals surface area contributed by atoms with Gasteiger partial charge in [0.05, 0.1) is 17.6 Å². The van der Waals surface area contributed by atoms with E-state index < -0.39 is 6.10 Å². The summed E-state index contributed by atoms with van der Waals surface area (Å²) in [4.78, 5) is 4.52. The summed E-state index contributed by atoms with van der Waals surface area (Å²) in [5.41, 5.74) is 3.89. The van der Waals surface area contributed by atoms with Gasteiger partial charge >= 0.3 is 0 Å². The first-order valence-electron chi connectivity index (χ1n) is 8.00. The molecule has 1 N–H and O–H groups in total. The predicted octanol–water partition coefficient (Wildman–Crippen LogP) is 4.44. The lowest BCUT2D eigenvalue weighted by Gasteiger charge is -2.13. The summed E-state index contributed by atoms with van der Waals surface area (Å²) in [5.74, 6) is 1.46. The van der Waals surface area contributed by atoms with E-state index in [0.29, 0.717) is 19.0 Å². The molecule has 0 fully saturated rings. The highest BCUT2D eigenvalue weighted by atomic mass is 35.5. The maximum absolute atomic E-state index is 9.99. The number of ether oxygens (including phenoxy) is 1. The second kappa shape index (κ2) is 6.83. The molecule has 0 aliphatic carbocycles. The number of hydrogen-bond acceptors (Lipinski definition) is 3. The summed E-state index contributed by atoms with van der Waals surface area (Å²) in [6, 6.07) is 11.8. The number of aromatic nitrogens is 2. The fraction of sp³-hybridized carbons (Fsp3) is 0.316. The lowest BCUT2D eigenvalue weighted by molar-refractivity contribution is 0.181. The predicted molar refractivity (Wildman–Crippen MR) is 96.8 cm³/mol. The van der Waals surface area contributed by atoms with Gasteiger partial charge in [-0.25, -0.2) is 4.98 Å². The van der Waals surface area contributed by atoms with Gasteiger partial charge in [0.1, 0.15) is 24.3 Å². The Hall–Kier alpha value is -2.04. The molecular weight excluding hydrogens is 324 g/mol. The summed E-state index contributed by atoms with van der Waals surface area (Å²) in [5, 5.41) is 10.8. The molecule has 2 aromatic carbocycles. The molecule has 4 nitrogen and oxygen atoms in total. The van der Waals surface area contributed by atoms with E-state index in [0.717, 1.165) is 32.9 Å². The van der Waals surface area contributed by atoms with Crippen LogP contribution in [0.1, 0.15) is 30.0 Å². The van der Waals surface area contributed by atoms with Crippen molar-refractivity contribution in [3.05, 3.63) is 58.4 Å². The third-order valence-corrected chi connectivity index (χ3v) is 4.65. The van der Waals surface area contributed by atoms with Crippen LogP contribution in [0.5, 0.6) is 5.75 Å². The molecule has 0 bridgehead atoms. The first-order valence-corrected chi connectivity index (χ1v) is 8.38. The second-order valence-electron chi connectivity index (χ2n) is 6.01. The Bertz CT molecular complexity index is 848. The van der Waals surface area contributed by atoms with E-state index in [2.05, 4.69) is 4.98 Å². The van der Waals surface area contributed by atoms with E-state index in [1.807, 2.05) is 54.8 Å². The molecule has 1 aromatic heterocycles. The first-order chi connectivity index (χ1) is 11.5. The van der Waals surface area contributed by atoms with Gasteiger partial charge in [0.15, 0.2) is 0 Å². The highest BCUT2D eigenvalue weighted by Gasteiger charge is 2.14. The van der Waals surface area contributed by atoms with E-state index in [4.69, 9.17) is 16.3 Å². The smallest absolute Gasteiger partial charge is 0.138 e. The van der Waals surface area contributed by atoms with E-state index >= 15 is 0 Å². The molecule has 0 saturated carbocycles. The standard InChI is InChI=1S/C19H21ClN2O2/c1-12-10-15(11-13(2)18(12)20)24-9-8-22-17-7-5-4-6-16(17)21-19(22)14(3)23/h4-7,10-11,14,23H,8-9H2,1-3H3. The first kappa shape index (κ1) is 16.8. The van der Waals surface area contributed by atoms with Crippen molar-refractivity contribution in [3.63, 3.8) is 0 Å². The number of aliphatic hydroxyl groups is 1. The number of hydrogen-bond donors (Lipinski definition) is 1. The molecule has 24 heavy (non-hydrogen) atoms. The normalized spacial score (nSPS) is 12.5. The number of benzene rings is 2. The molecule has 1 unspecified atom stereocenters. The Morgan fingerprint density at radius 1 is 1.21 bits per heavy atom. The summed E-state index contributed by atoms with van der Waals surface area (Å²) in [7, 11) is 0. The maximum atomic E-state index is 9.99. The van der Waals surface area contributed by atoms with Crippen LogP contribution in [0.3, 0.4) is 0 Å². The summed E-state index contributed by atoms with van der Waals surface area (Å²) in [6.07, 6.45) is -0.627. The Balaban J connectivity index is 1.80. The Labute approximate surface area is 146 Å². The van der Waals surface area contributed by atoms with E-state index in [9.17, 15) is 5.11 Å². The molecular formula is C19H21ClN2O2. The minimum absolute atomic E-state index is 0.487. The van der Waals surface area contributed by atoms with Crippen LogP contribution in [0, 0.1) is 13.8 Å².